The number of aromatic carboxylic acids is 1. The molecule has 0 spiro atoms. The predicted octanol–water partition coefficient (Wildman–Crippen LogP) is 3.29. The highest BCUT2D eigenvalue weighted by molar-refractivity contribution is 5.87. The summed E-state index contributed by atoms with van der Waals surface area (Å²) in [7, 11) is 1.64. The Bertz CT molecular complexity index is 712. The molecular formula is C18H18FNO3. The van der Waals surface area contributed by atoms with Gasteiger partial charge in [-0.2, -0.15) is 0 Å². The highest BCUT2D eigenvalue weighted by Gasteiger charge is 2.21. The van der Waals surface area contributed by atoms with Crippen LogP contribution in [0.1, 0.15) is 34.3 Å². The van der Waals surface area contributed by atoms with Crippen LogP contribution in [0.4, 0.5) is 4.39 Å². The van der Waals surface area contributed by atoms with Crippen molar-refractivity contribution in [3.63, 3.8) is 0 Å². The Labute approximate surface area is 134 Å². The van der Waals surface area contributed by atoms with Crippen LogP contribution in [-0.4, -0.2) is 28.9 Å². The molecule has 5 heteroatoms. The summed E-state index contributed by atoms with van der Waals surface area (Å²) in [6.45, 7) is 2.00. The van der Waals surface area contributed by atoms with Gasteiger partial charge in [0.05, 0.1) is 11.5 Å². The molecule has 0 saturated carbocycles. The molecule has 0 saturated heterocycles. The molecule has 1 N–H and O–H groups in total. The molecule has 0 unspecified atom stereocenters. The summed E-state index contributed by atoms with van der Waals surface area (Å²) < 4.78 is 13.8. The van der Waals surface area contributed by atoms with E-state index < -0.39 is 17.7 Å². The fourth-order valence-corrected chi connectivity index (χ4v) is 2.39. The number of benzene rings is 2. The van der Waals surface area contributed by atoms with Crippen LogP contribution in [0.25, 0.3) is 0 Å². The lowest BCUT2D eigenvalue weighted by atomic mass is 9.99. The number of carbonyl (C=O) groups excluding carboxylic acids is 1. The summed E-state index contributed by atoms with van der Waals surface area (Å²) in [4.78, 5) is 24.8. The lowest BCUT2D eigenvalue weighted by Gasteiger charge is -2.22. The largest absolute Gasteiger partial charge is 0.478 e. The van der Waals surface area contributed by atoms with E-state index in [4.69, 9.17) is 5.11 Å². The van der Waals surface area contributed by atoms with E-state index in [1.165, 1.54) is 23.1 Å². The minimum Gasteiger partial charge on any atom is -0.478 e. The molecule has 0 aliphatic carbocycles. The van der Waals surface area contributed by atoms with Crippen molar-refractivity contribution in [2.75, 3.05) is 7.05 Å². The quantitative estimate of drug-likeness (QED) is 0.921. The van der Waals surface area contributed by atoms with Crippen molar-refractivity contribution >= 4 is 11.9 Å². The van der Waals surface area contributed by atoms with Crippen LogP contribution in [0.15, 0.2) is 48.5 Å². The third kappa shape index (κ3) is 3.94. The van der Waals surface area contributed by atoms with Gasteiger partial charge in [-0.25, -0.2) is 9.18 Å². The van der Waals surface area contributed by atoms with Crippen LogP contribution < -0.4 is 0 Å². The molecule has 23 heavy (non-hydrogen) atoms. The molecule has 0 aliphatic rings. The molecule has 0 fully saturated rings. The zero-order valence-corrected chi connectivity index (χ0v) is 13.0. The van der Waals surface area contributed by atoms with E-state index in [9.17, 15) is 14.0 Å². The van der Waals surface area contributed by atoms with E-state index in [-0.39, 0.29) is 11.5 Å². The van der Waals surface area contributed by atoms with Gasteiger partial charge in [0.25, 0.3) is 0 Å². The molecule has 0 bridgehead atoms. The number of likely N-dealkylation sites (N-methyl/N-ethyl adjacent to an activating group) is 1. The van der Waals surface area contributed by atoms with Crippen LogP contribution in [0.5, 0.6) is 0 Å². The lowest BCUT2D eigenvalue weighted by molar-refractivity contribution is -0.131. The minimum absolute atomic E-state index is 0.197. The molecule has 4 nitrogen and oxygen atoms in total. The van der Waals surface area contributed by atoms with Crippen LogP contribution in [-0.2, 0) is 11.3 Å². The fraction of sp³-hybridized carbons (Fsp3) is 0.222. The Kier molecular flexibility index (Phi) is 5.11. The van der Waals surface area contributed by atoms with Gasteiger partial charge in [-0.05, 0) is 36.2 Å². The van der Waals surface area contributed by atoms with Crippen LogP contribution >= 0.6 is 0 Å². The van der Waals surface area contributed by atoms with Gasteiger partial charge in [-0.3, -0.25) is 4.79 Å². The molecule has 0 aromatic heterocycles. The van der Waals surface area contributed by atoms with E-state index in [1.807, 2.05) is 0 Å². The second-order valence-electron chi connectivity index (χ2n) is 5.44. The Morgan fingerprint density at radius 3 is 2.30 bits per heavy atom. The molecule has 1 amide bonds. The topological polar surface area (TPSA) is 57.6 Å². The third-order valence-electron chi connectivity index (χ3n) is 3.74. The summed E-state index contributed by atoms with van der Waals surface area (Å²) in [6, 6.07) is 12.6. The first-order valence-electron chi connectivity index (χ1n) is 7.21. The standard InChI is InChI=1S/C18H18FNO3/c1-12(15-5-3-4-6-16(15)19)17(21)20(2)11-13-7-9-14(10-8-13)18(22)23/h3-10,12H,11H2,1-2H3,(H,22,23)/t12-/m0/s1. The predicted molar refractivity (Wildman–Crippen MR) is 84.7 cm³/mol. The van der Waals surface area contributed by atoms with Gasteiger partial charge in [0.2, 0.25) is 5.91 Å². The second kappa shape index (κ2) is 7.05. The van der Waals surface area contributed by atoms with Gasteiger partial charge in [-0.1, -0.05) is 30.3 Å². The first-order chi connectivity index (χ1) is 10.9. The number of carboxylic acid groups (broad SMARTS) is 1. The van der Waals surface area contributed by atoms with E-state index in [1.54, 1.807) is 44.3 Å². The normalized spacial score (nSPS) is 11.8. The van der Waals surface area contributed by atoms with Gasteiger partial charge in [0, 0.05) is 13.6 Å². The minimum atomic E-state index is -0.992. The van der Waals surface area contributed by atoms with Crippen LogP contribution in [0.3, 0.4) is 0 Å². The van der Waals surface area contributed by atoms with Gasteiger partial charge < -0.3 is 10.0 Å². The number of nitrogens with zero attached hydrogens (tertiary/aromatic N) is 1. The highest BCUT2D eigenvalue weighted by Crippen LogP contribution is 2.21. The van der Waals surface area contributed by atoms with Crippen molar-refractivity contribution in [2.24, 2.45) is 0 Å². The van der Waals surface area contributed by atoms with Crippen molar-refractivity contribution in [3.8, 4) is 0 Å². The Balaban J connectivity index is 2.07. The number of hydrogen-bond donors (Lipinski definition) is 1. The number of carboxylic acids is 1. The SMILES string of the molecule is C[C@H](C(=O)N(C)Cc1ccc(C(=O)O)cc1)c1ccccc1F. The van der Waals surface area contributed by atoms with E-state index in [0.29, 0.717) is 12.1 Å². The number of rotatable bonds is 5. The average molecular weight is 315 g/mol. The van der Waals surface area contributed by atoms with Crippen LogP contribution in [0.2, 0.25) is 0 Å². The zero-order valence-electron chi connectivity index (χ0n) is 13.0. The Morgan fingerprint density at radius 1 is 1.13 bits per heavy atom. The number of hydrogen-bond acceptors (Lipinski definition) is 2. The van der Waals surface area contributed by atoms with Gasteiger partial charge in [0.15, 0.2) is 0 Å². The number of carbonyl (C=O) groups is 2. The molecule has 2 rings (SSSR count). The average Bonchev–Trinajstić information content (AvgIpc) is 2.54. The van der Waals surface area contributed by atoms with E-state index in [0.717, 1.165) is 5.56 Å². The Hall–Kier alpha value is -2.69. The molecule has 2 aromatic carbocycles. The van der Waals surface area contributed by atoms with Crippen molar-refractivity contribution in [2.45, 2.75) is 19.4 Å². The molecule has 0 heterocycles. The van der Waals surface area contributed by atoms with Crippen molar-refractivity contribution in [3.05, 3.63) is 71.0 Å². The summed E-state index contributed by atoms with van der Waals surface area (Å²) in [5.41, 5.74) is 1.37. The maximum atomic E-state index is 13.8. The molecule has 1 atom stereocenters. The van der Waals surface area contributed by atoms with Crippen molar-refractivity contribution in [1.82, 2.24) is 4.90 Å². The van der Waals surface area contributed by atoms with Gasteiger partial charge in [0.1, 0.15) is 5.82 Å². The highest BCUT2D eigenvalue weighted by atomic mass is 19.1. The summed E-state index contributed by atoms with van der Waals surface area (Å²) in [5.74, 6) is -2.17. The first-order valence-corrected chi connectivity index (χ1v) is 7.21. The summed E-state index contributed by atoms with van der Waals surface area (Å²) in [5, 5.41) is 8.87. The molecule has 0 radical (unpaired) electrons. The maximum Gasteiger partial charge on any atom is 0.335 e. The molecule has 0 aliphatic heterocycles. The van der Waals surface area contributed by atoms with Gasteiger partial charge >= 0.3 is 5.97 Å². The van der Waals surface area contributed by atoms with Gasteiger partial charge in [-0.15, -0.1) is 0 Å². The monoisotopic (exact) mass is 315 g/mol. The molecule has 2 aromatic rings. The summed E-state index contributed by atoms with van der Waals surface area (Å²) in [6.07, 6.45) is 0. The van der Waals surface area contributed by atoms with Crippen LogP contribution in [0, 0.1) is 5.82 Å². The number of halogens is 1. The lowest BCUT2D eigenvalue weighted by Crippen LogP contribution is -2.30. The van der Waals surface area contributed by atoms with E-state index >= 15 is 0 Å². The second-order valence-corrected chi connectivity index (χ2v) is 5.44. The van der Waals surface area contributed by atoms with E-state index in [2.05, 4.69) is 0 Å². The smallest absolute Gasteiger partial charge is 0.335 e. The first kappa shape index (κ1) is 16.7. The molecule has 120 valence electrons. The maximum absolute atomic E-state index is 13.8. The fourth-order valence-electron chi connectivity index (χ4n) is 2.39. The Morgan fingerprint density at radius 2 is 1.74 bits per heavy atom. The summed E-state index contributed by atoms with van der Waals surface area (Å²) >= 11 is 0. The van der Waals surface area contributed by atoms with Crippen molar-refractivity contribution in [1.29, 1.82) is 0 Å². The zero-order chi connectivity index (χ0) is 17.0. The number of amides is 1. The van der Waals surface area contributed by atoms with Crippen molar-refractivity contribution < 1.29 is 19.1 Å². The molecular weight excluding hydrogens is 297 g/mol. The third-order valence-corrected chi connectivity index (χ3v) is 3.74.